The lowest BCUT2D eigenvalue weighted by molar-refractivity contribution is -0.128. The Morgan fingerprint density at radius 1 is 1.43 bits per heavy atom. The number of nitrogens with zero attached hydrogens (tertiary/aromatic N) is 5. The third-order valence-electron chi connectivity index (χ3n) is 3.96. The number of imide groups is 1. The van der Waals surface area contributed by atoms with Crippen LogP contribution in [0.25, 0.3) is 0 Å². The fraction of sp³-hybridized carbons (Fsp3) is 0.429. The summed E-state index contributed by atoms with van der Waals surface area (Å²) < 4.78 is 0. The van der Waals surface area contributed by atoms with E-state index in [-0.39, 0.29) is 11.9 Å². The van der Waals surface area contributed by atoms with Gasteiger partial charge in [-0.05, 0) is 19.1 Å². The predicted octanol–water partition coefficient (Wildman–Crippen LogP) is 0.426. The number of piperazine rings is 1. The molecule has 7 heteroatoms. The highest BCUT2D eigenvalue weighted by Gasteiger charge is 2.47. The molecule has 3 rings (SSSR count). The summed E-state index contributed by atoms with van der Waals surface area (Å²) in [6.45, 7) is 3.66. The molecule has 2 aliphatic rings. The van der Waals surface area contributed by atoms with Gasteiger partial charge in [0, 0.05) is 32.4 Å². The van der Waals surface area contributed by atoms with Crippen LogP contribution < -0.4 is 4.90 Å². The van der Waals surface area contributed by atoms with Gasteiger partial charge in [0.2, 0.25) is 0 Å². The Bertz CT molecular complexity index is 638. The van der Waals surface area contributed by atoms with Gasteiger partial charge in [-0.25, -0.2) is 9.78 Å². The van der Waals surface area contributed by atoms with Crippen molar-refractivity contribution in [3.8, 4) is 6.07 Å². The minimum atomic E-state index is -0.460. The molecule has 1 aromatic rings. The Kier molecular flexibility index (Phi) is 3.22. The van der Waals surface area contributed by atoms with E-state index in [1.54, 1.807) is 24.1 Å². The zero-order chi connectivity index (χ0) is 15.0. The van der Waals surface area contributed by atoms with Gasteiger partial charge in [-0.2, -0.15) is 5.26 Å². The SMILES string of the molecule is CCN1C(=O)C2CN(c3cccnc3C#N)CCN2C1=O. The van der Waals surface area contributed by atoms with E-state index in [9.17, 15) is 9.59 Å². The van der Waals surface area contributed by atoms with Gasteiger partial charge in [0.05, 0.1) is 5.69 Å². The number of nitriles is 1. The summed E-state index contributed by atoms with van der Waals surface area (Å²) in [6, 6.07) is 4.98. The molecule has 0 bridgehead atoms. The second-order valence-electron chi connectivity index (χ2n) is 5.00. The number of carbonyl (C=O) groups excluding carboxylic acids is 2. The van der Waals surface area contributed by atoms with Crippen LogP contribution in [-0.2, 0) is 4.79 Å². The molecule has 3 heterocycles. The van der Waals surface area contributed by atoms with E-state index in [1.165, 1.54) is 4.90 Å². The molecule has 21 heavy (non-hydrogen) atoms. The van der Waals surface area contributed by atoms with Gasteiger partial charge in [-0.1, -0.05) is 0 Å². The zero-order valence-corrected chi connectivity index (χ0v) is 11.7. The van der Waals surface area contributed by atoms with Crippen LogP contribution >= 0.6 is 0 Å². The highest BCUT2D eigenvalue weighted by Crippen LogP contribution is 2.26. The lowest BCUT2D eigenvalue weighted by Gasteiger charge is -2.36. The van der Waals surface area contributed by atoms with E-state index in [2.05, 4.69) is 11.1 Å². The normalized spacial score (nSPS) is 21.5. The average molecular weight is 285 g/mol. The molecule has 0 radical (unpaired) electrons. The second-order valence-corrected chi connectivity index (χ2v) is 5.00. The zero-order valence-electron chi connectivity index (χ0n) is 11.7. The Hall–Kier alpha value is -2.62. The maximum Gasteiger partial charge on any atom is 0.327 e. The summed E-state index contributed by atoms with van der Waals surface area (Å²) >= 11 is 0. The molecule has 108 valence electrons. The van der Waals surface area contributed by atoms with E-state index >= 15 is 0 Å². The van der Waals surface area contributed by atoms with Gasteiger partial charge in [0.25, 0.3) is 5.91 Å². The molecule has 0 N–H and O–H groups in total. The standard InChI is InChI=1S/C14H15N5O2/c1-2-18-13(20)12-9-17(6-7-19(12)14(18)21)11-4-3-5-16-10(11)8-15/h3-5,12H,2,6-7,9H2,1H3. The highest BCUT2D eigenvalue weighted by atomic mass is 16.2. The predicted molar refractivity (Wildman–Crippen MR) is 74.4 cm³/mol. The number of amides is 3. The Labute approximate surface area is 122 Å². The monoisotopic (exact) mass is 285 g/mol. The molecule has 1 unspecified atom stereocenters. The van der Waals surface area contributed by atoms with Crippen molar-refractivity contribution in [2.45, 2.75) is 13.0 Å². The maximum atomic E-state index is 12.3. The van der Waals surface area contributed by atoms with Crippen LogP contribution in [0.15, 0.2) is 18.3 Å². The number of urea groups is 1. The van der Waals surface area contributed by atoms with Crippen molar-refractivity contribution in [2.75, 3.05) is 31.1 Å². The molecular formula is C14H15N5O2. The number of likely N-dealkylation sites (N-methyl/N-ethyl adjacent to an activating group) is 1. The fourth-order valence-corrected chi connectivity index (χ4v) is 2.90. The molecule has 3 amide bonds. The number of anilines is 1. The quantitative estimate of drug-likeness (QED) is 0.736. The number of pyridine rings is 1. The van der Waals surface area contributed by atoms with Crippen molar-refractivity contribution >= 4 is 17.6 Å². The molecule has 7 nitrogen and oxygen atoms in total. The summed E-state index contributed by atoms with van der Waals surface area (Å²) in [5, 5.41) is 9.13. The molecule has 2 aliphatic heterocycles. The smallest absolute Gasteiger partial charge is 0.327 e. The summed E-state index contributed by atoms with van der Waals surface area (Å²) in [4.78, 5) is 33.3. The minimum absolute atomic E-state index is 0.158. The Morgan fingerprint density at radius 3 is 2.95 bits per heavy atom. The molecular weight excluding hydrogens is 270 g/mol. The number of aromatic nitrogens is 1. The first-order chi connectivity index (χ1) is 10.2. The van der Waals surface area contributed by atoms with E-state index in [4.69, 9.17) is 5.26 Å². The van der Waals surface area contributed by atoms with Crippen molar-refractivity contribution in [3.63, 3.8) is 0 Å². The van der Waals surface area contributed by atoms with Crippen molar-refractivity contribution < 1.29 is 9.59 Å². The van der Waals surface area contributed by atoms with Crippen LogP contribution in [0, 0.1) is 11.3 Å². The van der Waals surface area contributed by atoms with E-state index in [0.717, 1.165) is 5.69 Å². The first-order valence-electron chi connectivity index (χ1n) is 6.89. The maximum absolute atomic E-state index is 12.3. The first kappa shape index (κ1) is 13.4. The van der Waals surface area contributed by atoms with Crippen LogP contribution in [0.1, 0.15) is 12.6 Å². The van der Waals surface area contributed by atoms with E-state index < -0.39 is 6.04 Å². The lowest BCUT2D eigenvalue weighted by Crippen LogP contribution is -2.53. The molecule has 2 saturated heterocycles. The highest BCUT2D eigenvalue weighted by molar-refractivity contribution is 6.04. The minimum Gasteiger partial charge on any atom is -0.365 e. The topological polar surface area (TPSA) is 80.5 Å². The number of rotatable bonds is 2. The third-order valence-corrected chi connectivity index (χ3v) is 3.96. The molecule has 0 aliphatic carbocycles. The molecule has 0 saturated carbocycles. The summed E-state index contributed by atoms with van der Waals surface area (Å²) in [5.74, 6) is -0.158. The Morgan fingerprint density at radius 2 is 2.24 bits per heavy atom. The van der Waals surface area contributed by atoms with Crippen molar-refractivity contribution in [1.82, 2.24) is 14.8 Å². The summed E-state index contributed by atoms with van der Waals surface area (Å²) in [7, 11) is 0. The fourth-order valence-electron chi connectivity index (χ4n) is 2.90. The molecule has 0 spiro atoms. The van der Waals surface area contributed by atoms with Gasteiger partial charge in [0.15, 0.2) is 5.69 Å². The van der Waals surface area contributed by atoms with Crippen molar-refractivity contribution in [2.24, 2.45) is 0 Å². The van der Waals surface area contributed by atoms with E-state index in [0.29, 0.717) is 31.9 Å². The van der Waals surface area contributed by atoms with E-state index in [1.807, 2.05) is 11.0 Å². The van der Waals surface area contributed by atoms with Crippen LogP contribution in [0.5, 0.6) is 0 Å². The number of fused-ring (bicyclic) bond motifs is 1. The average Bonchev–Trinajstić information content (AvgIpc) is 2.77. The number of hydrogen-bond acceptors (Lipinski definition) is 5. The van der Waals surface area contributed by atoms with Crippen LogP contribution in [-0.4, -0.2) is 58.9 Å². The van der Waals surface area contributed by atoms with Gasteiger partial charge < -0.3 is 9.80 Å². The lowest BCUT2D eigenvalue weighted by atomic mass is 10.1. The number of hydrogen-bond donors (Lipinski definition) is 0. The van der Waals surface area contributed by atoms with Gasteiger partial charge >= 0.3 is 6.03 Å². The molecule has 1 aromatic heterocycles. The largest absolute Gasteiger partial charge is 0.365 e. The van der Waals surface area contributed by atoms with Crippen molar-refractivity contribution in [1.29, 1.82) is 5.26 Å². The van der Waals surface area contributed by atoms with Crippen molar-refractivity contribution in [3.05, 3.63) is 24.0 Å². The Balaban J connectivity index is 1.87. The van der Waals surface area contributed by atoms with Gasteiger partial charge in [-0.3, -0.25) is 9.69 Å². The van der Waals surface area contributed by atoms with Crippen LogP contribution in [0.3, 0.4) is 0 Å². The molecule has 1 atom stereocenters. The summed E-state index contributed by atoms with van der Waals surface area (Å²) in [6.07, 6.45) is 1.57. The summed E-state index contributed by atoms with van der Waals surface area (Å²) in [5.41, 5.74) is 1.06. The van der Waals surface area contributed by atoms with Gasteiger partial charge in [0.1, 0.15) is 12.1 Å². The second kappa shape index (κ2) is 5.05. The first-order valence-corrected chi connectivity index (χ1v) is 6.89. The molecule has 2 fully saturated rings. The van der Waals surface area contributed by atoms with Gasteiger partial charge in [-0.15, -0.1) is 0 Å². The van der Waals surface area contributed by atoms with Crippen LogP contribution in [0.2, 0.25) is 0 Å². The third kappa shape index (κ3) is 2.00. The number of carbonyl (C=O) groups is 2. The molecule has 0 aromatic carbocycles. The van der Waals surface area contributed by atoms with Crippen LogP contribution in [0.4, 0.5) is 10.5 Å².